The minimum absolute atomic E-state index is 0.679. The maximum Gasteiger partial charge on any atom is 0.197 e. The van der Waals surface area contributed by atoms with Crippen LogP contribution in [0.25, 0.3) is 10.8 Å². The SMILES string of the molecule is O=C[B]CC1CCN(Cc2ccc3cncc(Br)c3c2)CC1. The van der Waals surface area contributed by atoms with E-state index >= 15 is 0 Å². The molecule has 0 bridgehead atoms. The van der Waals surface area contributed by atoms with Gasteiger partial charge in [-0.05, 0) is 64.8 Å². The molecule has 2 aromatic rings. The Morgan fingerprint density at radius 2 is 2.14 bits per heavy atom. The molecular formula is C17H19BBrN2O. The lowest BCUT2D eigenvalue weighted by Crippen LogP contribution is -2.33. The number of benzene rings is 1. The van der Waals surface area contributed by atoms with Crippen LogP contribution in [-0.4, -0.2) is 36.4 Å². The highest BCUT2D eigenvalue weighted by Gasteiger charge is 2.19. The third-order valence-electron chi connectivity index (χ3n) is 4.46. The van der Waals surface area contributed by atoms with Crippen molar-refractivity contribution in [1.29, 1.82) is 0 Å². The van der Waals surface area contributed by atoms with Gasteiger partial charge in [-0.2, -0.15) is 0 Å². The summed E-state index contributed by atoms with van der Waals surface area (Å²) in [4.78, 5) is 17.1. The van der Waals surface area contributed by atoms with E-state index in [-0.39, 0.29) is 0 Å². The molecule has 1 fully saturated rings. The molecule has 3 rings (SSSR count). The van der Waals surface area contributed by atoms with Crippen molar-refractivity contribution in [1.82, 2.24) is 9.88 Å². The number of pyridine rings is 1. The van der Waals surface area contributed by atoms with Gasteiger partial charge in [-0.25, -0.2) is 0 Å². The van der Waals surface area contributed by atoms with Crippen LogP contribution in [-0.2, 0) is 11.3 Å². The van der Waals surface area contributed by atoms with Crippen molar-refractivity contribution in [2.24, 2.45) is 5.92 Å². The Hall–Kier alpha value is -1.20. The number of carbonyl (C=O) groups excluding carboxylic acids is 1. The summed E-state index contributed by atoms with van der Waals surface area (Å²) in [5, 5.41) is 2.39. The standard InChI is InChI=1S/C17H19BBrN2O/c19-17-10-20-9-15-2-1-14(7-16(15)17)11-21-5-3-13(4-6-21)8-18-12-22/h1-2,7,9-10,12-13H,3-6,8,11H2. The number of hydrogen-bond acceptors (Lipinski definition) is 3. The summed E-state index contributed by atoms with van der Waals surface area (Å²) in [7, 11) is 1.76. The number of rotatable bonds is 5. The summed E-state index contributed by atoms with van der Waals surface area (Å²) in [5.74, 6) is 0.679. The van der Waals surface area contributed by atoms with E-state index in [1.165, 1.54) is 29.2 Å². The van der Waals surface area contributed by atoms with Gasteiger partial charge in [0.2, 0.25) is 0 Å². The minimum atomic E-state index is 0.679. The molecule has 0 spiro atoms. The molecule has 1 aromatic carbocycles. The molecule has 1 aliphatic heterocycles. The van der Waals surface area contributed by atoms with Gasteiger partial charge in [0.1, 0.15) is 0 Å². The Kier molecular flexibility index (Phi) is 5.26. The van der Waals surface area contributed by atoms with Crippen molar-refractivity contribution in [3.05, 3.63) is 40.6 Å². The second kappa shape index (κ2) is 7.38. The molecule has 22 heavy (non-hydrogen) atoms. The lowest BCUT2D eigenvalue weighted by Gasteiger charge is -2.31. The molecule has 1 radical (unpaired) electrons. The van der Waals surface area contributed by atoms with E-state index < -0.39 is 0 Å². The number of nitrogens with zero attached hydrogens (tertiary/aromatic N) is 2. The Bertz CT molecular complexity index is 656. The first-order valence-corrected chi connectivity index (χ1v) is 8.57. The number of halogens is 1. The maximum atomic E-state index is 10.4. The Morgan fingerprint density at radius 1 is 1.32 bits per heavy atom. The average molecular weight is 358 g/mol. The van der Waals surface area contributed by atoms with Gasteiger partial charge in [0.15, 0.2) is 7.28 Å². The van der Waals surface area contributed by atoms with Crippen LogP contribution in [0.2, 0.25) is 6.32 Å². The van der Waals surface area contributed by atoms with Gasteiger partial charge < -0.3 is 4.79 Å². The normalized spacial score (nSPS) is 16.8. The molecule has 2 heterocycles. The van der Waals surface area contributed by atoms with Crippen molar-refractivity contribution in [2.45, 2.75) is 25.7 Å². The van der Waals surface area contributed by atoms with Crippen molar-refractivity contribution in [2.75, 3.05) is 13.1 Å². The van der Waals surface area contributed by atoms with Gasteiger partial charge in [0.05, 0.1) is 6.19 Å². The fourth-order valence-corrected chi connectivity index (χ4v) is 3.62. The predicted octanol–water partition coefficient (Wildman–Crippen LogP) is 3.52. The summed E-state index contributed by atoms with van der Waals surface area (Å²) in [6, 6.07) is 6.60. The van der Waals surface area contributed by atoms with Crippen LogP contribution in [0, 0.1) is 5.92 Å². The molecule has 1 aromatic heterocycles. The highest BCUT2D eigenvalue weighted by Crippen LogP contribution is 2.26. The molecule has 0 unspecified atom stereocenters. The molecule has 5 heteroatoms. The summed E-state index contributed by atoms with van der Waals surface area (Å²) in [6.07, 6.45) is 7.98. The quantitative estimate of drug-likeness (QED) is 0.606. The van der Waals surface area contributed by atoms with Gasteiger partial charge in [-0.1, -0.05) is 18.5 Å². The van der Waals surface area contributed by atoms with Gasteiger partial charge in [-0.15, -0.1) is 0 Å². The van der Waals surface area contributed by atoms with Crippen molar-refractivity contribution < 1.29 is 4.79 Å². The first kappa shape index (κ1) is 15.7. The number of hydrogen-bond donors (Lipinski definition) is 0. The number of carbonyl (C=O) groups is 1. The first-order valence-electron chi connectivity index (χ1n) is 7.78. The number of likely N-dealkylation sites (tertiary alicyclic amines) is 1. The van der Waals surface area contributed by atoms with E-state index in [0.717, 1.165) is 36.6 Å². The molecule has 0 N–H and O–H groups in total. The molecule has 0 saturated carbocycles. The second-order valence-corrected chi connectivity index (χ2v) is 6.86. The highest BCUT2D eigenvalue weighted by atomic mass is 79.9. The zero-order chi connectivity index (χ0) is 15.4. The topological polar surface area (TPSA) is 33.2 Å². The Morgan fingerprint density at radius 3 is 2.91 bits per heavy atom. The van der Waals surface area contributed by atoms with Gasteiger partial charge in [0.25, 0.3) is 0 Å². The first-order chi connectivity index (χ1) is 10.8. The second-order valence-electron chi connectivity index (χ2n) is 6.00. The molecule has 1 aliphatic rings. The van der Waals surface area contributed by atoms with E-state index in [1.807, 2.05) is 12.4 Å². The molecular weight excluding hydrogens is 339 g/mol. The van der Waals surface area contributed by atoms with Crippen molar-refractivity contribution in [3.63, 3.8) is 0 Å². The monoisotopic (exact) mass is 357 g/mol. The van der Waals surface area contributed by atoms with Crippen LogP contribution < -0.4 is 0 Å². The zero-order valence-electron chi connectivity index (χ0n) is 12.5. The largest absolute Gasteiger partial charge is 0.316 e. The van der Waals surface area contributed by atoms with Crippen LogP contribution in [0.1, 0.15) is 18.4 Å². The van der Waals surface area contributed by atoms with E-state index in [1.54, 1.807) is 7.28 Å². The van der Waals surface area contributed by atoms with Crippen LogP contribution in [0.5, 0.6) is 0 Å². The van der Waals surface area contributed by atoms with E-state index in [4.69, 9.17) is 0 Å². The van der Waals surface area contributed by atoms with Crippen LogP contribution >= 0.6 is 15.9 Å². The molecule has 0 aliphatic carbocycles. The fraction of sp³-hybridized carbons (Fsp3) is 0.412. The smallest absolute Gasteiger partial charge is 0.197 e. The van der Waals surface area contributed by atoms with Crippen LogP contribution in [0.15, 0.2) is 35.1 Å². The number of fused-ring (bicyclic) bond motifs is 1. The van der Waals surface area contributed by atoms with Crippen LogP contribution in [0.4, 0.5) is 0 Å². The summed E-state index contributed by atoms with van der Waals surface area (Å²) in [6.45, 7) is 3.23. The summed E-state index contributed by atoms with van der Waals surface area (Å²) < 4.78 is 1.05. The van der Waals surface area contributed by atoms with Gasteiger partial charge >= 0.3 is 0 Å². The lowest BCUT2D eigenvalue weighted by molar-refractivity contribution is 0.185. The fourth-order valence-electron chi connectivity index (χ4n) is 3.16. The molecule has 113 valence electrons. The number of aromatic nitrogens is 1. The molecule has 0 amide bonds. The van der Waals surface area contributed by atoms with Crippen molar-refractivity contribution >= 4 is 40.2 Å². The Balaban J connectivity index is 1.62. The molecule has 1 saturated heterocycles. The minimum Gasteiger partial charge on any atom is -0.316 e. The van der Waals surface area contributed by atoms with Crippen molar-refractivity contribution in [3.8, 4) is 0 Å². The highest BCUT2D eigenvalue weighted by molar-refractivity contribution is 9.10. The summed E-state index contributed by atoms with van der Waals surface area (Å²) in [5.41, 5.74) is 1.34. The molecule has 3 nitrogen and oxygen atoms in total. The molecule has 0 atom stereocenters. The Labute approximate surface area is 140 Å². The van der Waals surface area contributed by atoms with Gasteiger partial charge in [-0.3, -0.25) is 9.88 Å². The summed E-state index contributed by atoms with van der Waals surface area (Å²) >= 11 is 3.58. The predicted molar refractivity (Wildman–Crippen MR) is 94.8 cm³/mol. The van der Waals surface area contributed by atoms with E-state index in [2.05, 4.69) is 44.0 Å². The third kappa shape index (κ3) is 3.76. The zero-order valence-corrected chi connectivity index (χ0v) is 14.1. The van der Waals surface area contributed by atoms with Crippen LogP contribution in [0.3, 0.4) is 0 Å². The van der Waals surface area contributed by atoms with E-state index in [9.17, 15) is 4.79 Å². The lowest BCUT2D eigenvalue weighted by atomic mass is 9.69. The van der Waals surface area contributed by atoms with Gasteiger partial charge in [0, 0.05) is 28.8 Å². The maximum absolute atomic E-state index is 10.4. The third-order valence-corrected chi connectivity index (χ3v) is 5.09. The number of piperidine rings is 1. The van der Waals surface area contributed by atoms with E-state index in [0.29, 0.717) is 5.92 Å². The average Bonchev–Trinajstić information content (AvgIpc) is 2.55.